The second kappa shape index (κ2) is 10.6. The number of halogens is 1. The standard InChI is InChI=1S/C22H17ClN2O5/c23-19-5-1-2-6-20(19)29-15-21(26)25-24-14-16-7-9-18(10-8-16)30-22(27)12-11-17-4-3-13-28-17/h1-14H,15H2,(H,25,26). The molecule has 0 bridgehead atoms. The molecule has 0 unspecified atom stereocenters. The van der Waals surface area contributed by atoms with Crippen LogP contribution in [-0.4, -0.2) is 24.7 Å². The Balaban J connectivity index is 1.43. The third kappa shape index (κ3) is 6.65. The van der Waals surface area contributed by atoms with Gasteiger partial charge in [-0.15, -0.1) is 0 Å². The number of amides is 1. The minimum absolute atomic E-state index is 0.221. The monoisotopic (exact) mass is 424 g/mol. The molecular weight excluding hydrogens is 408 g/mol. The van der Waals surface area contributed by atoms with Crippen molar-refractivity contribution in [1.29, 1.82) is 0 Å². The highest BCUT2D eigenvalue weighted by atomic mass is 35.5. The van der Waals surface area contributed by atoms with Gasteiger partial charge in [-0.2, -0.15) is 5.10 Å². The number of rotatable bonds is 8. The number of hydrogen-bond acceptors (Lipinski definition) is 6. The minimum atomic E-state index is -0.529. The van der Waals surface area contributed by atoms with Gasteiger partial charge in [0.1, 0.15) is 17.3 Å². The van der Waals surface area contributed by atoms with Crippen LogP contribution in [0.5, 0.6) is 11.5 Å². The number of furan rings is 1. The Labute approximate surface area is 177 Å². The van der Waals surface area contributed by atoms with Gasteiger partial charge in [0.2, 0.25) is 0 Å². The molecule has 0 radical (unpaired) electrons. The molecule has 3 rings (SSSR count). The first-order chi connectivity index (χ1) is 14.6. The average molecular weight is 425 g/mol. The number of carbonyl (C=O) groups excluding carboxylic acids is 2. The maximum Gasteiger partial charge on any atom is 0.336 e. The summed E-state index contributed by atoms with van der Waals surface area (Å²) in [5.74, 6) is 0.386. The van der Waals surface area contributed by atoms with Crippen molar-refractivity contribution in [3.8, 4) is 11.5 Å². The van der Waals surface area contributed by atoms with Crippen LogP contribution in [0.4, 0.5) is 0 Å². The van der Waals surface area contributed by atoms with Crippen molar-refractivity contribution in [2.45, 2.75) is 0 Å². The summed E-state index contributed by atoms with van der Waals surface area (Å²) in [6, 6.07) is 16.9. The van der Waals surface area contributed by atoms with Gasteiger partial charge in [0, 0.05) is 6.08 Å². The van der Waals surface area contributed by atoms with Gasteiger partial charge in [-0.1, -0.05) is 23.7 Å². The van der Waals surface area contributed by atoms with Gasteiger partial charge in [-0.3, -0.25) is 4.79 Å². The molecule has 7 nitrogen and oxygen atoms in total. The lowest BCUT2D eigenvalue weighted by molar-refractivity contribution is -0.129. The summed E-state index contributed by atoms with van der Waals surface area (Å²) in [5.41, 5.74) is 3.06. The molecule has 1 N–H and O–H groups in total. The zero-order valence-corrected chi connectivity index (χ0v) is 16.4. The molecule has 1 aromatic heterocycles. The first kappa shape index (κ1) is 20.9. The number of hydrazone groups is 1. The van der Waals surface area contributed by atoms with Gasteiger partial charge in [-0.05, 0) is 60.2 Å². The molecule has 1 heterocycles. The van der Waals surface area contributed by atoms with Gasteiger partial charge >= 0.3 is 5.97 Å². The zero-order valence-electron chi connectivity index (χ0n) is 15.7. The van der Waals surface area contributed by atoms with E-state index in [2.05, 4.69) is 10.5 Å². The molecular formula is C22H17ClN2O5. The number of nitrogens with zero attached hydrogens (tertiary/aromatic N) is 1. The van der Waals surface area contributed by atoms with Crippen molar-refractivity contribution < 1.29 is 23.5 Å². The van der Waals surface area contributed by atoms with E-state index in [1.165, 1.54) is 24.6 Å². The van der Waals surface area contributed by atoms with Crippen molar-refractivity contribution in [1.82, 2.24) is 5.43 Å². The Hall–Kier alpha value is -3.84. The van der Waals surface area contributed by atoms with Crippen LogP contribution in [-0.2, 0) is 9.59 Å². The summed E-state index contributed by atoms with van der Waals surface area (Å²) in [7, 11) is 0. The molecule has 2 aromatic carbocycles. The first-order valence-corrected chi connectivity index (χ1v) is 9.20. The minimum Gasteiger partial charge on any atom is -0.482 e. The van der Waals surface area contributed by atoms with E-state index in [0.29, 0.717) is 27.8 Å². The molecule has 1 amide bonds. The number of carbonyl (C=O) groups is 2. The Bertz CT molecular complexity index is 1040. The molecule has 8 heteroatoms. The summed E-state index contributed by atoms with van der Waals surface area (Å²) in [5, 5.41) is 4.28. The van der Waals surface area contributed by atoms with Crippen molar-refractivity contribution in [2.24, 2.45) is 5.10 Å². The summed E-state index contributed by atoms with van der Waals surface area (Å²) < 4.78 is 15.6. The highest BCUT2D eigenvalue weighted by molar-refractivity contribution is 6.32. The number of benzene rings is 2. The van der Waals surface area contributed by atoms with E-state index >= 15 is 0 Å². The lowest BCUT2D eigenvalue weighted by Gasteiger charge is -2.06. The number of para-hydroxylation sites is 1. The number of hydrogen-bond donors (Lipinski definition) is 1. The molecule has 0 spiro atoms. The van der Waals surface area contributed by atoms with Crippen molar-refractivity contribution in [2.75, 3.05) is 6.61 Å². The van der Waals surface area contributed by atoms with Crippen LogP contribution in [0.2, 0.25) is 5.02 Å². The van der Waals surface area contributed by atoms with Gasteiger partial charge in [0.05, 0.1) is 17.5 Å². The van der Waals surface area contributed by atoms with E-state index in [0.717, 1.165) is 0 Å². The summed E-state index contributed by atoms with van der Waals surface area (Å²) >= 11 is 5.95. The highest BCUT2D eigenvalue weighted by Crippen LogP contribution is 2.22. The lowest BCUT2D eigenvalue weighted by Crippen LogP contribution is -2.24. The Morgan fingerprint density at radius 2 is 1.87 bits per heavy atom. The van der Waals surface area contributed by atoms with E-state index in [-0.39, 0.29) is 6.61 Å². The molecule has 0 saturated heterocycles. The number of nitrogens with one attached hydrogen (secondary N) is 1. The highest BCUT2D eigenvalue weighted by Gasteiger charge is 2.04. The van der Waals surface area contributed by atoms with Crippen LogP contribution in [0, 0.1) is 0 Å². The van der Waals surface area contributed by atoms with Gasteiger partial charge in [0.15, 0.2) is 6.61 Å². The predicted molar refractivity (Wildman–Crippen MR) is 113 cm³/mol. The van der Waals surface area contributed by atoms with Crippen LogP contribution in [0.3, 0.4) is 0 Å². The second-order valence-corrected chi connectivity index (χ2v) is 6.26. The molecule has 0 saturated carbocycles. The quantitative estimate of drug-likeness (QED) is 0.193. The van der Waals surface area contributed by atoms with Crippen LogP contribution < -0.4 is 14.9 Å². The summed E-state index contributed by atoms with van der Waals surface area (Å²) in [6.07, 6.45) is 5.76. The topological polar surface area (TPSA) is 90.1 Å². The molecule has 0 aliphatic rings. The smallest absolute Gasteiger partial charge is 0.336 e. The van der Waals surface area contributed by atoms with E-state index in [4.69, 9.17) is 25.5 Å². The SMILES string of the molecule is O=C(COc1ccccc1Cl)NN=Cc1ccc(OC(=O)C=Cc2ccco2)cc1. The Kier molecular flexibility index (Phi) is 7.40. The molecule has 3 aromatic rings. The molecule has 30 heavy (non-hydrogen) atoms. The summed E-state index contributed by atoms with van der Waals surface area (Å²) in [4.78, 5) is 23.6. The third-order valence-electron chi connectivity index (χ3n) is 3.62. The maximum atomic E-state index is 11.8. The Morgan fingerprint density at radius 3 is 2.60 bits per heavy atom. The largest absolute Gasteiger partial charge is 0.482 e. The van der Waals surface area contributed by atoms with E-state index in [1.54, 1.807) is 60.7 Å². The van der Waals surface area contributed by atoms with E-state index < -0.39 is 11.9 Å². The van der Waals surface area contributed by atoms with Gasteiger partial charge in [0.25, 0.3) is 5.91 Å². The molecule has 152 valence electrons. The van der Waals surface area contributed by atoms with Crippen LogP contribution >= 0.6 is 11.6 Å². The predicted octanol–water partition coefficient (Wildman–Crippen LogP) is 4.08. The van der Waals surface area contributed by atoms with Gasteiger partial charge < -0.3 is 13.9 Å². The molecule has 0 fully saturated rings. The lowest BCUT2D eigenvalue weighted by atomic mass is 10.2. The fourth-order valence-corrected chi connectivity index (χ4v) is 2.41. The normalized spacial score (nSPS) is 11.0. The van der Waals surface area contributed by atoms with Crippen LogP contribution in [0.25, 0.3) is 6.08 Å². The molecule has 0 atom stereocenters. The van der Waals surface area contributed by atoms with Gasteiger partial charge in [-0.25, -0.2) is 10.2 Å². The van der Waals surface area contributed by atoms with Crippen molar-refractivity contribution in [3.05, 3.63) is 89.3 Å². The third-order valence-corrected chi connectivity index (χ3v) is 3.94. The fraction of sp³-hybridized carbons (Fsp3) is 0.0455. The van der Waals surface area contributed by atoms with E-state index in [1.807, 2.05) is 0 Å². The zero-order chi connectivity index (χ0) is 21.2. The second-order valence-electron chi connectivity index (χ2n) is 5.85. The van der Waals surface area contributed by atoms with Crippen LogP contribution in [0.1, 0.15) is 11.3 Å². The first-order valence-electron chi connectivity index (χ1n) is 8.83. The summed E-state index contributed by atoms with van der Waals surface area (Å²) in [6.45, 7) is -0.221. The molecule has 0 aliphatic heterocycles. The fourth-order valence-electron chi connectivity index (χ4n) is 2.22. The van der Waals surface area contributed by atoms with Crippen LogP contribution in [0.15, 0.2) is 82.5 Å². The number of esters is 1. The van der Waals surface area contributed by atoms with Crippen molar-refractivity contribution in [3.63, 3.8) is 0 Å². The van der Waals surface area contributed by atoms with E-state index in [9.17, 15) is 9.59 Å². The Morgan fingerprint density at radius 1 is 1.07 bits per heavy atom. The maximum absolute atomic E-state index is 11.8. The molecule has 0 aliphatic carbocycles. The van der Waals surface area contributed by atoms with Crippen molar-refractivity contribution >= 4 is 35.8 Å². The average Bonchev–Trinajstić information content (AvgIpc) is 3.27. The number of ether oxygens (including phenoxy) is 2.